The van der Waals surface area contributed by atoms with E-state index in [0.29, 0.717) is 6.04 Å². The maximum absolute atomic E-state index is 12.9. The van der Waals surface area contributed by atoms with E-state index in [4.69, 9.17) is 0 Å². The Morgan fingerprint density at radius 1 is 1.24 bits per heavy atom. The van der Waals surface area contributed by atoms with Crippen molar-refractivity contribution in [1.29, 1.82) is 0 Å². The van der Waals surface area contributed by atoms with Gasteiger partial charge in [-0.05, 0) is 50.5 Å². The molecular weight excluding hydrogens is 265 g/mol. The molecule has 1 heterocycles. The molecule has 0 aliphatic heterocycles. The van der Waals surface area contributed by atoms with Gasteiger partial charge in [-0.15, -0.1) is 0 Å². The van der Waals surface area contributed by atoms with Crippen molar-refractivity contribution in [2.75, 3.05) is 0 Å². The van der Waals surface area contributed by atoms with Gasteiger partial charge in [-0.25, -0.2) is 4.39 Å². The molecule has 0 aliphatic rings. The van der Waals surface area contributed by atoms with E-state index in [-0.39, 0.29) is 5.82 Å². The van der Waals surface area contributed by atoms with E-state index in [1.807, 2.05) is 12.1 Å². The molecule has 0 radical (unpaired) electrons. The van der Waals surface area contributed by atoms with Crippen molar-refractivity contribution in [2.24, 2.45) is 0 Å². The number of hydrogen-bond donors (Lipinski definition) is 1. The molecule has 0 aliphatic carbocycles. The van der Waals surface area contributed by atoms with Crippen LogP contribution in [0.1, 0.15) is 37.7 Å². The molecule has 3 nitrogen and oxygen atoms in total. The van der Waals surface area contributed by atoms with Crippen LogP contribution in [0.25, 0.3) is 0 Å². The quantitative estimate of drug-likeness (QED) is 0.847. The Morgan fingerprint density at radius 3 is 2.57 bits per heavy atom. The van der Waals surface area contributed by atoms with Crippen molar-refractivity contribution in [3.63, 3.8) is 0 Å². The van der Waals surface area contributed by atoms with Gasteiger partial charge in [0, 0.05) is 19.1 Å². The third-order valence-electron chi connectivity index (χ3n) is 3.66. The predicted octanol–water partition coefficient (Wildman–Crippen LogP) is 3.33. The zero-order chi connectivity index (χ0) is 15.2. The maximum atomic E-state index is 12.9. The molecule has 0 saturated heterocycles. The minimum Gasteiger partial charge on any atom is -0.308 e. The van der Waals surface area contributed by atoms with E-state index in [2.05, 4.69) is 41.9 Å². The SMILES string of the molecule is CCc1cc(CNC(C)Cc2ccc(F)cc2)n(CC)n1. The van der Waals surface area contributed by atoms with E-state index < -0.39 is 0 Å². The fraction of sp³-hybridized carbons (Fsp3) is 0.471. The summed E-state index contributed by atoms with van der Waals surface area (Å²) in [6.07, 6.45) is 1.85. The first-order valence-corrected chi connectivity index (χ1v) is 7.65. The van der Waals surface area contributed by atoms with Crippen LogP contribution < -0.4 is 5.32 Å². The molecule has 4 heteroatoms. The lowest BCUT2D eigenvalue weighted by atomic mass is 10.1. The number of nitrogens with zero attached hydrogens (tertiary/aromatic N) is 2. The number of aromatic nitrogens is 2. The molecule has 1 aromatic carbocycles. The highest BCUT2D eigenvalue weighted by Crippen LogP contribution is 2.08. The van der Waals surface area contributed by atoms with Crippen LogP contribution in [0.5, 0.6) is 0 Å². The van der Waals surface area contributed by atoms with Crippen LogP contribution in [-0.4, -0.2) is 15.8 Å². The molecule has 2 aromatic rings. The Hall–Kier alpha value is -1.68. The van der Waals surface area contributed by atoms with E-state index in [1.165, 1.54) is 17.8 Å². The number of aryl methyl sites for hydroxylation is 2. The molecule has 0 amide bonds. The highest BCUT2D eigenvalue weighted by atomic mass is 19.1. The van der Waals surface area contributed by atoms with Crippen LogP contribution in [0, 0.1) is 5.82 Å². The minimum absolute atomic E-state index is 0.182. The molecule has 0 bridgehead atoms. The summed E-state index contributed by atoms with van der Waals surface area (Å²) in [5.41, 5.74) is 3.51. The number of rotatable bonds is 7. The second kappa shape index (κ2) is 7.36. The number of halogens is 1. The summed E-state index contributed by atoms with van der Waals surface area (Å²) in [7, 11) is 0. The second-order valence-electron chi connectivity index (χ2n) is 5.41. The molecule has 1 N–H and O–H groups in total. The number of hydrogen-bond acceptors (Lipinski definition) is 2. The molecule has 1 aromatic heterocycles. The third kappa shape index (κ3) is 4.39. The average molecular weight is 289 g/mol. The highest BCUT2D eigenvalue weighted by Gasteiger charge is 2.08. The standard InChI is InChI=1S/C17H24FN3/c1-4-16-11-17(21(5-2)20-16)12-19-13(3)10-14-6-8-15(18)9-7-14/h6-9,11,13,19H,4-5,10,12H2,1-3H3. The van der Waals surface area contributed by atoms with Crippen LogP contribution in [0.2, 0.25) is 0 Å². The first kappa shape index (κ1) is 15.7. The number of benzene rings is 1. The molecule has 2 rings (SSSR count). The Labute approximate surface area is 126 Å². The Kier molecular flexibility index (Phi) is 5.51. The van der Waals surface area contributed by atoms with E-state index in [9.17, 15) is 4.39 Å². The monoisotopic (exact) mass is 289 g/mol. The lowest BCUT2D eigenvalue weighted by molar-refractivity contribution is 0.513. The van der Waals surface area contributed by atoms with E-state index in [0.717, 1.165) is 37.2 Å². The fourth-order valence-electron chi connectivity index (χ4n) is 2.43. The van der Waals surface area contributed by atoms with Crippen LogP contribution in [0.4, 0.5) is 4.39 Å². The van der Waals surface area contributed by atoms with Gasteiger partial charge in [-0.2, -0.15) is 5.10 Å². The predicted molar refractivity (Wildman–Crippen MR) is 83.7 cm³/mol. The van der Waals surface area contributed by atoms with Gasteiger partial charge in [-0.3, -0.25) is 4.68 Å². The van der Waals surface area contributed by atoms with Gasteiger partial charge in [0.05, 0.1) is 11.4 Å². The third-order valence-corrected chi connectivity index (χ3v) is 3.66. The zero-order valence-corrected chi connectivity index (χ0v) is 13.1. The van der Waals surface area contributed by atoms with Gasteiger partial charge < -0.3 is 5.32 Å². The van der Waals surface area contributed by atoms with Gasteiger partial charge >= 0.3 is 0 Å². The topological polar surface area (TPSA) is 29.9 Å². The van der Waals surface area contributed by atoms with Crippen LogP contribution in [-0.2, 0) is 25.9 Å². The minimum atomic E-state index is -0.182. The van der Waals surface area contributed by atoms with Crippen molar-refractivity contribution >= 4 is 0 Å². The Balaban J connectivity index is 1.90. The molecule has 21 heavy (non-hydrogen) atoms. The second-order valence-corrected chi connectivity index (χ2v) is 5.41. The summed E-state index contributed by atoms with van der Waals surface area (Å²) in [6.45, 7) is 8.08. The molecule has 114 valence electrons. The summed E-state index contributed by atoms with van der Waals surface area (Å²) >= 11 is 0. The average Bonchev–Trinajstić information content (AvgIpc) is 2.90. The van der Waals surface area contributed by atoms with Gasteiger partial charge in [-0.1, -0.05) is 19.1 Å². The zero-order valence-electron chi connectivity index (χ0n) is 13.1. The number of nitrogens with one attached hydrogen (secondary N) is 1. The Bertz CT molecular complexity index is 560. The highest BCUT2D eigenvalue weighted by molar-refractivity contribution is 5.17. The summed E-state index contributed by atoms with van der Waals surface area (Å²) in [4.78, 5) is 0. The van der Waals surface area contributed by atoms with E-state index in [1.54, 1.807) is 0 Å². The van der Waals surface area contributed by atoms with Crippen molar-refractivity contribution < 1.29 is 4.39 Å². The lowest BCUT2D eigenvalue weighted by Gasteiger charge is -2.14. The first-order valence-electron chi connectivity index (χ1n) is 7.65. The van der Waals surface area contributed by atoms with Crippen molar-refractivity contribution in [2.45, 2.75) is 52.7 Å². The van der Waals surface area contributed by atoms with Crippen LogP contribution in [0.15, 0.2) is 30.3 Å². The van der Waals surface area contributed by atoms with Gasteiger partial charge in [0.15, 0.2) is 0 Å². The van der Waals surface area contributed by atoms with Crippen molar-refractivity contribution in [1.82, 2.24) is 15.1 Å². The summed E-state index contributed by atoms with van der Waals surface area (Å²) in [6, 6.07) is 9.23. The van der Waals surface area contributed by atoms with Crippen molar-refractivity contribution in [3.8, 4) is 0 Å². The molecule has 1 atom stereocenters. The first-order chi connectivity index (χ1) is 10.1. The maximum Gasteiger partial charge on any atom is 0.123 e. The smallest absolute Gasteiger partial charge is 0.123 e. The summed E-state index contributed by atoms with van der Waals surface area (Å²) in [5, 5.41) is 8.07. The molecule has 0 spiro atoms. The molecule has 0 saturated carbocycles. The molecule has 0 fully saturated rings. The Morgan fingerprint density at radius 2 is 1.95 bits per heavy atom. The summed E-state index contributed by atoms with van der Waals surface area (Å²) < 4.78 is 14.9. The van der Waals surface area contributed by atoms with E-state index >= 15 is 0 Å². The largest absolute Gasteiger partial charge is 0.308 e. The van der Waals surface area contributed by atoms with Gasteiger partial charge in [0.25, 0.3) is 0 Å². The van der Waals surface area contributed by atoms with Crippen LogP contribution in [0.3, 0.4) is 0 Å². The van der Waals surface area contributed by atoms with Crippen molar-refractivity contribution in [3.05, 3.63) is 53.1 Å². The molecule has 1 unspecified atom stereocenters. The fourth-order valence-corrected chi connectivity index (χ4v) is 2.43. The molecular formula is C17H24FN3. The van der Waals surface area contributed by atoms with Gasteiger partial charge in [0.1, 0.15) is 5.82 Å². The summed E-state index contributed by atoms with van der Waals surface area (Å²) in [5.74, 6) is -0.182. The van der Waals surface area contributed by atoms with Gasteiger partial charge in [0.2, 0.25) is 0 Å². The van der Waals surface area contributed by atoms with Crippen LogP contribution >= 0.6 is 0 Å². The lowest BCUT2D eigenvalue weighted by Crippen LogP contribution is -2.28. The normalized spacial score (nSPS) is 12.6.